The molecule has 3 nitrogen and oxygen atoms in total. The number of ether oxygens (including phenoxy) is 1. The molecule has 14 heavy (non-hydrogen) atoms. The van der Waals surface area contributed by atoms with E-state index >= 15 is 0 Å². The number of hydrogen-bond acceptors (Lipinski definition) is 3. The molecule has 0 aliphatic heterocycles. The Morgan fingerprint density at radius 1 is 1.50 bits per heavy atom. The molecule has 1 aliphatic rings. The van der Waals surface area contributed by atoms with Crippen LogP contribution in [0.3, 0.4) is 0 Å². The Labute approximate surface area is 86.2 Å². The Kier molecular flexibility index (Phi) is 4.94. The fourth-order valence-electron chi connectivity index (χ4n) is 1.78. The van der Waals surface area contributed by atoms with Gasteiger partial charge < -0.3 is 10.1 Å². The quantitative estimate of drug-likeness (QED) is 0.634. The molecule has 2 atom stereocenters. The summed E-state index contributed by atoms with van der Waals surface area (Å²) < 4.78 is 4.84. The molecule has 0 spiro atoms. The average Bonchev–Trinajstić information content (AvgIpc) is 2.85. The van der Waals surface area contributed by atoms with Crippen molar-refractivity contribution in [1.82, 2.24) is 5.32 Å². The van der Waals surface area contributed by atoms with E-state index in [9.17, 15) is 4.79 Å². The zero-order valence-corrected chi connectivity index (χ0v) is 9.21. The predicted molar refractivity (Wildman–Crippen MR) is 56.1 cm³/mol. The first-order valence-corrected chi connectivity index (χ1v) is 5.66. The molecular weight excluding hydrogens is 178 g/mol. The molecule has 0 bridgehead atoms. The number of carbonyl (C=O) groups excluding carboxylic acids is 1. The molecule has 1 N–H and O–H groups in total. The molecule has 3 heteroatoms. The maximum atomic E-state index is 11.0. The monoisotopic (exact) mass is 199 g/mol. The van der Waals surface area contributed by atoms with Crippen molar-refractivity contribution >= 4 is 5.97 Å². The van der Waals surface area contributed by atoms with Gasteiger partial charge in [-0.3, -0.25) is 4.79 Å². The molecule has 0 amide bonds. The van der Waals surface area contributed by atoms with E-state index < -0.39 is 0 Å². The lowest BCUT2D eigenvalue weighted by atomic mass is 10.2. The molecule has 82 valence electrons. The normalized spacial score (nSPS) is 24.7. The average molecular weight is 199 g/mol. The molecule has 0 aromatic rings. The summed E-state index contributed by atoms with van der Waals surface area (Å²) in [7, 11) is 0. The second-order valence-corrected chi connectivity index (χ2v) is 3.90. The van der Waals surface area contributed by atoms with Crippen molar-refractivity contribution in [1.29, 1.82) is 0 Å². The van der Waals surface area contributed by atoms with Gasteiger partial charge in [0.1, 0.15) is 0 Å². The Morgan fingerprint density at radius 3 is 2.93 bits per heavy atom. The molecule has 0 aromatic carbocycles. The molecule has 1 aliphatic carbocycles. The van der Waals surface area contributed by atoms with Crippen molar-refractivity contribution in [2.24, 2.45) is 5.92 Å². The van der Waals surface area contributed by atoms with E-state index in [1.807, 2.05) is 6.92 Å². The molecule has 1 rings (SSSR count). The van der Waals surface area contributed by atoms with Gasteiger partial charge in [-0.25, -0.2) is 0 Å². The molecular formula is C11H21NO2. The molecule has 2 unspecified atom stereocenters. The minimum absolute atomic E-state index is 0.0901. The minimum atomic E-state index is -0.0901. The van der Waals surface area contributed by atoms with Crippen LogP contribution in [0.25, 0.3) is 0 Å². The van der Waals surface area contributed by atoms with Gasteiger partial charge in [-0.05, 0) is 25.7 Å². The van der Waals surface area contributed by atoms with Crippen molar-refractivity contribution in [3.63, 3.8) is 0 Å². The first-order chi connectivity index (χ1) is 6.77. The Hall–Kier alpha value is -0.570. The van der Waals surface area contributed by atoms with Crippen LogP contribution >= 0.6 is 0 Å². The highest BCUT2D eigenvalue weighted by Gasteiger charge is 2.35. The fourth-order valence-corrected chi connectivity index (χ4v) is 1.78. The highest BCUT2D eigenvalue weighted by atomic mass is 16.5. The van der Waals surface area contributed by atoms with Crippen LogP contribution in [0.4, 0.5) is 0 Å². The summed E-state index contributed by atoms with van der Waals surface area (Å²) in [5.74, 6) is 0.773. The molecule has 0 aromatic heterocycles. The fraction of sp³-hybridized carbons (Fsp3) is 0.909. The van der Waals surface area contributed by atoms with E-state index in [-0.39, 0.29) is 5.97 Å². The third-order valence-corrected chi connectivity index (χ3v) is 2.62. The second-order valence-electron chi connectivity index (χ2n) is 3.90. The van der Waals surface area contributed by atoms with Gasteiger partial charge >= 0.3 is 5.97 Å². The van der Waals surface area contributed by atoms with Crippen LogP contribution in [0.5, 0.6) is 0 Å². The lowest BCUT2D eigenvalue weighted by Gasteiger charge is -2.03. The zero-order valence-electron chi connectivity index (χ0n) is 9.21. The van der Waals surface area contributed by atoms with Crippen LogP contribution in [-0.4, -0.2) is 25.2 Å². The maximum Gasteiger partial charge on any atom is 0.307 e. The SMILES string of the molecule is CCCC1CC1NCCC(=O)OCC. The molecule has 1 saturated carbocycles. The highest BCUT2D eigenvalue weighted by Crippen LogP contribution is 2.34. The van der Waals surface area contributed by atoms with Crippen LogP contribution in [0.15, 0.2) is 0 Å². The predicted octanol–water partition coefficient (Wildman–Crippen LogP) is 1.72. The van der Waals surface area contributed by atoms with E-state index in [0.717, 1.165) is 12.5 Å². The summed E-state index contributed by atoms with van der Waals surface area (Å²) in [5.41, 5.74) is 0. The topological polar surface area (TPSA) is 38.3 Å². The van der Waals surface area contributed by atoms with Crippen LogP contribution in [0.2, 0.25) is 0 Å². The maximum absolute atomic E-state index is 11.0. The van der Waals surface area contributed by atoms with Crippen molar-refractivity contribution in [2.75, 3.05) is 13.2 Å². The molecule has 1 fully saturated rings. The molecule has 0 saturated heterocycles. The van der Waals surface area contributed by atoms with Gasteiger partial charge in [-0.15, -0.1) is 0 Å². The van der Waals surface area contributed by atoms with Gasteiger partial charge in [-0.2, -0.15) is 0 Å². The minimum Gasteiger partial charge on any atom is -0.466 e. The van der Waals surface area contributed by atoms with Gasteiger partial charge in [0.05, 0.1) is 13.0 Å². The first kappa shape index (κ1) is 11.5. The summed E-state index contributed by atoms with van der Waals surface area (Å²) in [6, 6.07) is 0.671. The number of rotatable bonds is 7. The van der Waals surface area contributed by atoms with Gasteiger partial charge in [0.15, 0.2) is 0 Å². The number of carbonyl (C=O) groups is 1. The van der Waals surface area contributed by atoms with Crippen molar-refractivity contribution in [3.8, 4) is 0 Å². The number of hydrogen-bond donors (Lipinski definition) is 1. The van der Waals surface area contributed by atoms with Crippen molar-refractivity contribution in [3.05, 3.63) is 0 Å². The summed E-state index contributed by atoms with van der Waals surface area (Å²) >= 11 is 0. The van der Waals surface area contributed by atoms with E-state index in [4.69, 9.17) is 4.74 Å². The van der Waals surface area contributed by atoms with E-state index in [0.29, 0.717) is 19.1 Å². The summed E-state index contributed by atoms with van der Waals surface area (Å²) in [6.07, 6.45) is 4.37. The van der Waals surface area contributed by atoms with Gasteiger partial charge in [0.2, 0.25) is 0 Å². The van der Waals surface area contributed by atoms with Gasteiger partial charge in [-0.1, -0.05) is 13.3 Å². The van der Waals surface area contributed by atoms with E-state index in [1.54, 1.807) is 0 Å². The third-order valence-electron chi connectivity index (χ3n) is 2.62. The van der Waals surface area contributed by atoms with Crippen LogP contribution in [0.1, 0.15) is 39.5 Å². The Morgan fingerprint density at radius 2 is 2.29 bits per heavy atom. The Balaban J connectivity index is 1.93. The van der Waals surface area contributed by atoms with Crippen LogP contribution in [0, 0.1) is 5.92 Å². The summed E-state index contributed by atoms with van der Waals surface area (Å²) in [5, 5.41) is 3.38. The van der Waals surface area contributed by atoms with E-state index in [1.165, 1.54) is 19.3 Å². The standard InChI is InChI=1S/C11H21NO2/c1-3-5-9-8-10(9)12-7-6-11(13)14-4-2/h9-10,12H,3-8H2,1-2H3. The molecule has 0 heterocycles. The molecule has 0 radical (unpaired) electrons. The largest absolute Gasteiger partial charge is 0.466 e. The number of nitrogens with one attached hydrogen (secondary N) is 1. The van der Waals surface area contributed by atoms with Crippen molar-refractivity contribution < 1.29 is 9.53 Å². The van der Waals surface area contributed by atoms with Gasteiger partial charge in [0.25, 0.3) is 0 Å². The smallest absolute Gasteiger partial charge is 0.307 e. The van der Waals surface area contributed by atoms with Gasteiger partial charge in [0, 0.05) is 12.6 Å². The Bertz CT molecular complexity index is 182. The zero-order chi connectivity index (χ0) is 10.4. The lowest BCUT2D eigenvalue weighted by molar-refractivity contribution is -0.142. The summed E-state index contributed by atoms with van der Waals surface area (Å²) in [4.78, 5) is 11.0. The van der Waals surface area contributed by atoms with Crippen LogP contribution in [-0.2, 0) is 9.53 Å². The first-order valence-electron chi connectivity index (χ1n) is 5.66. The summed E-state index contributed by atoms with van der Waals surface area (Å²) in [6.45, 7) is 5.31. The second kappa shape index (κ2) is 6.02. The highest BCUT2D eigenvalue weighted by molar-refractivity contribution is 5.69. The van der Waals surface area contributed by atoms with Crippen LogP contribution < -0.4 is 5.32 Å². The van der Waals surface area contributed by atoms with Crippen molar-refractivity contribution in [2.45, 2.75) is 45.6 Å². The third kappa shape index (κ3) is 4.09. The van der Waals surface area contributed by atoms with E-state index in [2.05, 4.69) is 12.2 Å². The number of esters is 1. The lowest BCUT2D eigenvalue weighted by Crippen LogP contribution is -2.22.